The molecule has 2 aromatic carbocycles. The number of aliphatic hydroxyl groups is 1. The number of rotatable bonds is 27. The molecule has 1 aliphatic carbocycles. The molecular formula is C58H79FN10O15. The fraction of sp³-hybridized carbons (Fsp3) is 0.448. The number of likely N-dealkylation sites (N-methyl/N-ethyl adjacent to an activating group) is 3. The fourth-order valence-electron chi connectivity index (χ4n) is 8.74. The summed E-state index contributed by atoms with van der Waals surface area (Å²) in [5.41, 5.74) is 6.68. The normalized spacial score (nSPS) is 13.2. The van der Waals surface area contributed by atoms with Crippen LogP contribution in [-0.2, 0) is 83.4 Å². The van der Waals surface area contributed by atoms with Crippen molar-refractivity contribution in [3.05, 3.63) is 110 Å². The molecule has 3 heterocycles. The summed E-state index contributed by atoms with van der Waals surface area (Å²) in [5, 5.41) is 33.5. The number of carboxylic acids is 1. The molecule has 0 fully saturated rings. The number of pyridine rings is 2. The van der Waals surface area contributed by atoms with Gasteiger partial charge in [0.05, 0.1) is 68.4 Å². The third kappa shape index (κ3) is 21.6. The number of nitrogens with one attached hydrogen (secondary N) is 7. The van der Waals surface area contributed by atoms with E-state index in [-0.39, 0.29) is 81.3 Å². The number of hydrogen-bond acceptors (Lipinski definition) is 16. The van der Waals surface area contributed by atoms with Crippen LogP contribution < -0.4 is 42.8 Å². The number of halogens is 1. The van der Waals surface area contributed by atoms with E-state index in [1.165, 1.54) is 25.1 Å². The van der Waals surface area contributed by atoms with Gasteiger partial charge in [0, 0.05) is 68.8 Å². The predicted molar refractivity (Wildman–Crippen MR) is 310 cm³/mol. The molecule has 458 valence electrons. The SMILES string of the molecule is CCC(C)OCNC(=O)CNC(=O)[C@H](Cc1ccccc1)NC(=O)CNC=O.CCNC(=O)CN(C)C(=O)/C=C\C=O.CC[C@@H](C=O)c1cc2n(c(=O)c1COC)Cc1c-2nc2cc(F)c(C)c3c2c1[C@@H](NC=O)CC3.CNCC(=O)O.CO. The Hall–Kier alpha value is -8.59. The van der Waals surface area contributed by atoms with Crippen molar-refractivity contribution in [2.45, 2.75) is 104 Å². The van der Waals surface area contributed by atoms with E-state index in [1.807, 2.05) is 57.2 Å². The van der Waals surface area contributed by atoms with Crippen LogP contribution in [0.4, 0.5) is 4.39 Å². The molecule has 9 N–H and O–H groups in total. The molecule has 4 aromatic rings. The number of nitrogens with zero attached hydrogens (tertiary/aromatic N) is 3. The fourth-order valence-corrected chi connectivity index (χ4v) is 8.74. The van der Waals surface area contributed by atoms with Gasteiger partial charge in [0.2, 0.25) is 42.4 Å². The number of hydrogen-bond donors (Lipinski definition) is 9. The molecular weight excluding hydrogens is 1100 g/mol. The van der Waals surface area contributed by atoms with Gasteiger partial charge in [0.15, 0.2) is 0 Å². The minimum atomic E-state index is -0.882. The molecule has 2 aliphatic rings. The molecule has 7 amide bonds. The van der Waals surface area contributed by atoms with E-state index in [0.717, 1.165) is 59.6 Å². The summed E-state index contributed by atoms with van der Waals surface area (Å²) in [4.78, 5) is 131. The third-order valence-corrected chi connectivity index (χ3v) is 13.0. The maximum absolute atomic E-state index is 14.8. The number of amides is 7. The average molecular weight is 1180 g/mol. The van der Waals surface area contributed by atoms with Crippen LogP contribution in [0.25, 0.3) is 22.3 Å². The van der Waals surface area contributed by atoms with E-state index in [4.69, 9.17) is 24.7 Å². The Bertz CT molecular complexity index is 2980. The number of allylic oxidation sites excluding steroid dienone is 1. The van der Waals surface area contributed by atoms with Crippen LogP contribution >= 0.6 is 0 Å². The maximum Gasteiger partial charge on any atom is 0.317 e. The van der Waals surface area contributed by atoms with Crippen molar-refractivity contribution in [1.29, 1.82) is 0 Å². The largest absolute Gasteiger partial charge is 0.480 e. The summed E-state index contributed by atoms with van der Waals surface area (Å²) in [6.45, 7) is 9.87. The number of methoxy groups -OCH3 is 1. The molecule has 2 aromatic heterocycles. The highest BCUT2D eigenvalue weighted by molar-refractivity contribution is 5.95. The van der Waals surface area contributed by atoms with Crippen molar-refractivity contribution >= 4 is 71.8 Å². The highest BCUT2D eigenvalue weighted by Gasteiger charge is 2.35. The first-order valence-electron chi connectivity index (χ1n) is 27.0. The summed E-state index contributed by atoms with van der Waals surface area (Å²) in [7, 11) is 5.60. The first-order chi connectivity index (χ1) is 40.3. The van der Waals surface area contributed by atoms with E-state index in [1.54, 1.807) is 25.5 Å². The average Bonchev–Trinajstić information content (AvgIpc) is 1.52. The highest BCUT2D eigenvalue weighted by atomic mass is 19.1. The number of aryl methyl sites for hydroxylation is 1. The summed E-state index contributed by atoms with van der Waals surface area (Å²) >= 11 is 0. The minimum absolute atomic E-state index is 0.00410. The minimum Gasteiger partial charge on any atom is -0.480 e. The number of ether oxygens (including phenoxy) is 2. The van der Waals surface area contributed by atoms with E-state index < -0.39 is 35.7 Å². The van der Waals surface area contributed by atoms with Crippen molar-refractivity contribution in [2.24, 2.45) is 0 Å². The Morgan fingerprint density at radius 2 is 1.62 bits per heavy atom. The molecule has 0 spiro atoms. The smallest absolute Gasteiger partial charge is 0.317 e. The van der Waals surface area contributed by atoms with Crippen molar-refractivity contribution < 1.29 is 72.0 Å². The number of aliphatic hydroxyl groups excluding tert-OH is 1. The lowest BCUT2D eigenvalue weighted by Gasteiger charge is -2.28. The molecule has 1 unspecified atom stereocenters. The van der Waals surface area contributed by atoms with Crippen LogP contribution in [-0.4, -0.2) is 165 Å². The summed E-state index contributed by atoms with van der Waals surface area (Å²) in [6.07, 6.45) is 7.58. The second-order valence-electron chi connectivity index (χ2n) is 18.7. The number of benzene rings is 2. The summed E-state index contributed by atoms with van der Waals surface area (Å²) < 4.78 is 27.1. The van der Waals surface area contributed by atoms with Crippen LogP contribution in [0.5, 0.6) is 0 Å². The zero-order chi connectivity index (χ0) is 62.9. The van der Waals surface area contributed by atoms with Crippen LogP contribution in [0.15, 0.2) is 59.4 Å². The lowest BCUT2D eigenvalue weighted by molar-refractivity contribution is -0.136. The van der Waals surface area contributed by atoms with E-state index in [9.17, 15) is 57.1 Å². The van der Waals surface area contributed by atoms with Gasteiger partial charge in [-0.15, -0.1) is 0 Å². The molecule has 0 radical (unpaired) electrons. The molecule has 84 heavy (non-hydrogen) atoms. The van der Waals surface area contributed by atoms with Gasteiger partial charge in [-0.2, -0.15) is 0 Å². The summed E-state index contributed by atoms with van der Waals surface area (Å²) in [5.74, 6) is -3.58. The Kier molecular flexibility index (Phi) is 32.6. The zero-order valence-electron chi connectivity index (χ0n) is 48.9. The van der Waals surface area contributed by atoms with E-state index in [2.05, 4.69) is 37.2 Å². The van der Waals surface area contributed by atoms with Crippen LogP contribution in [0.1, 0.15) is 97.9 Å². The number of aliphatic carboxylic acids is 1. The third-order valence-electron chi connectivity index (χ3n) is 13.0. The number of aldehydes is 2. The maximum atomic E-state index is 14.8. The number of aromatic nitrogens is 2. The second-order valence-corrected chi connectivity index (χ2v) is 18.7. The molecule has 0 saturated carbocycles. The molecule has 6 rings (SSSR count). The van der Waals surface area contributed by atoms with Gasteiger partial charge in [0.25, 0.3) is 5.56 Å². The summed E-state index contributed by atoms with van der Waals surface area (Å²) in [6, 6.07) is 11.3. The van der Waals surface area contributed by atoms with Gasteiger partial charge in [-0.1, -0.05) is 44.2 Å². The molecule has 1 aliphatic heterocycles. The second kappa shape index (κ2) is 38.2. The van der Waals surface area contributed by atoms with E-state index in [0.29, 0.717) is 85.1 Å². The Labute approximate surface area is 486 Å². The zero-order valence-corrected chi connectivity index (χ0v) is 48.9. The molecule has 26 heteroatoms. The van der Waals surface area contributed by atoms with Crippen molar-refractivity contribution in [2.75, 3.05) is 67.8 Å². The van der Waals surface area contributed by atoms with Crippen LogP contribution in [0, 0.1) is 12.7 Å². The van der Waals surface area contributed by atoms with Gasteiger partial charge in [-0.3, -0.25) is 47.9 Å². The molecule has 4 atom stereocenters. The van der Waals surface area contributed by atoms with Gasteiger partial charge in [0.1, 0.15) is 31.2 Å². The van der Waals surface area contributed by atoms with E-state index >= 15 is 0 Å². The van der Waals surface area contributed by atoms with Gasteiger partial charge in [-0.25, -0.2) is 9.37 Å². The standard InChI is InChI=1S/C26H26FN3O4.C19H28N4O5.C9H14N2O3.C3H7NO2.CH4O/c1-4-14(10-31)16-7-22-25-17(9-30(22)26(33)18(16)11-34-3)24-20(28-12-32)6-5-15-13(2)19(27)8-21(29-25)23(15)24;1-3-14(2)28-13-22-17(25)11-21-19(27)16(23-18(26)10-20-12-24)9-15-7-5-4-6-8-15;1-3-10-8(13)7-11(2)9(14)5-4-6-12;1-4-2-3(5)6;1-2/h7-8,10,12,14,20H,4-6,9,11H2,1-3H3,(H,28,32);4-8,12,14,16H,3,9-11,13H2,1-2H3,(H,20,24)(H,21,27)(H,22,25)(H,23,26);4-6H,3,7H2,1-2H3,(H,10,13);4H,2H2,1H3,(H,5,6);2H,1H3/b;;5-4-;;/t14-,20-;14?,16-;;;/m00.../s1. The number of carbonyl (C=O) groups excluding carboxylic acids is 9. The molecule has 0 bridgehead atoms. The van der Waals surface area contributed by atoms with Gasteiger partial charge in [-0.05, 0) is 93.5 Å². The quantitative estimate of drug-likeness (QED) is 0.0202. The Morgan fingerprint density at radius 3 is 2.19 bits per heavy atom. The highest BCUT2D eigenvalue weighted by Crippen LogP contribution is 2.45. The molecule has 0 saturated heterocycles. The van der Waals surface area contributed by atoms with Crippen molar-refractivity contribution in [3.63, 3.8) is 0 Å². The van der Waals surface area contributed by atoms with Gasteiger partial charge < -0.3 is 71.2 Å². The lowest BCUT2D eigenvalue weighted by atomic mass is 9.82. The van der Waals surface area contributed by atoms with Crippen LogP contribution in [0.2, 0.25) is 0 Å². The lowest BCUT2D eigenvalue weighted by Crippen LogP contribution is -2.51. The predicted octanol–water partition coefficient (Wildman–Crippen LogP) is 1.14. The van der Waals surface area contributed by atoms with Crippen molar-refractivity contribution in [3.8, 4) is 11.4 Å². The Balaban J connectivity index is 0.000000431. The number of carbonyl (C=O) groups is 10. The van der Waals surface area contributed by atoms with Gasteiger partial charge >= 0.3 is 5.97 Å². The topological polar surface area (TPSA) is 352 Å². The Morgan fingerprint density at radius 1 is 0.917 bits per heavy atom. The van der Waals surface area contributed by atoms with Crippen molar-refractivity contribution in [1.82, 2.24) is 51.7 Å². The first-order valence-corrected chi connectivity index (χ1v) is 27.0. The number of fused-ring (bicyclic) bond motifs is 4. The van der Waals surface area contributed by atoms with Crippen LogP contribution in [0.3, 0.4) is 0 Å². The monoisotopic (exact) mass is 1170 g/mol. The molecule has 25 nitrogen and oxygen atoms in total. The number of carboxylic acid groups (broad SMARTS) is 1. The first kappa shape index (κ1) is 71.5.